The van der Waals surface area contributed by atoms with Crippen LogP contribution < -0.4 is 15.2 Å². The van der Waals surface area contributed by atoms with Gasteiger partial charge in [-0.15, -0.1) is 0 Å². The van der Waals surface area contributed by atoms with E-state index in [1.54, 1.807) is 0 Å². The zero-order valence-electron chi connectivity index (χ0n) is 10.8. The number of benzene rings is 2. The first-order valence-corrected chi connectivity index (χ1v) is 7.30. The maximum atomic E-state index is 5.90. The number of halogens is 1. The number of hydrogen-bond donors (Lipinski definition) is 1. The lowest BCUT2D eigenvalue weighted by Crippen LogP contribution is -2.14. The third kappa shape index (κ3) is 2.99. The van der Waals surface area contributed by atoms with E-state index in [0.29, 0.717) is 18.9 Å². The summed E-state index contributed by atoms with van der Waals surface area (Å²) in [5.41, 5.74) is 8.51. The molecule has 1 heterocycles. The Kier molecular flexibility index (Phi) is 3.98. The van der Waals surface area contributed by atoms with Gasteiger partial charge in [0, 0.05) is 20.4 Å². The van der Waals surface area contributed by atoms with Gasteiger partial charge in [0.05, 0.1) is 6.61 Å². The van der Waals surface area contributed by atoms with Gasteiger partial charge in [0.1, 0.15) is 18.1 Å². The van der Waals surface area contributed by atoms with E-state index < -0.39 is 0 Å². The van der Waals surface area contributed by atoms with E-state index >= 15 is 0 Å². The van der Waals surface area contributed by atoms with E-state index in [1.807, 2.05) is 36.4 Å². The van der Waals surface area contributed by atoms with E-state index in [4.69, 9.17) is 19.9 Å². The van der Waals surface area contributed by atoms with E-state index in [0.717, 1.165) is 22.6 Å². The molecule has 0 atom stereocenters. The summed E-state index contributed by atoms with van der Waals surface area (Å²) in [5, 5.41) is 0. The van der Waals surface area contributed by atoms with Gasteiger partial charge in [0.15, 0.2) is 6.79 Å². The van der Waals surface area contributed by atoms with Crippen LogP contribution in [0.15, 0.2) is 36.4 Å². The fourth-order valence-corrected chi connectivity index (χ4v) is 2.48. The number of nitrogen functional groups attached to an aromatic ring is 1. The smallest absolute Gasteiger partial charge is 0.189 e. The van der Waals surface area contributed by atoms with Crippen LogP contribution in [0.25, 0.3) is 0 Å². The molecule has 1 aliphatic rings. The fourth-order valence-electron chi connectivity index (χ4n) is 2.13. The highest BCUT2D eigenvalue weighted by atomic mass is 127. The molecule has 0 amide bonds. The highest BCUT2D eigenvalue weighted by molar-refractivity contribution is 14.1. The third-order valence-electron chi connectivity index (χ3n) is 3.02. The zero-order valence-corrected chi connectivity index (χ0v) is 12.9. The Bertz CT molecular complexity index is 613. The number of ether oxygens (including phenoxy) is 3. The molecule has 20 heavy (non-hydrogen) atoms. The van der Waals surface area contributed by atoms with Crippen LogP contribution >= 0.6 is 22.6 Å². The van der Waals surface area contributed by atoms with Crippen LogP contribution in [0.1, 0.15) is 11.1 Å². The predicted octanol–water partition coefficient (Wildman–Crippen LogP) is 3.32. The molecule has 0 saturated carbocycles. The Hall–Kier alpha value is -1.47. The highest BCUT2D eigenvalue weighted by Crippen LogP contribution is 2.31. The molecule has 0 unspecified atom stereocenters. The second-order valence-electron chi connectivity index (χ2n) is 4.52. The Morgan fingerprint density at radius 2 is 2.00 bits per heavy atom. The molecule has 1 aliphatic heterocycles. The summed E-state index contributed by atoms with van der Waals surface area (Å²) < 4.78 is 17.8. The number of fused-ring (bicyclic) bond motifs is 1. The van der Waals surface area contributed by atoms with Crippen molar-refractivity contribution in [1.29, 1.82) is 0 Å². The average Bonchev–Trinajstić information content (AvgIpc) is 2.46. The number of rotatable bonds is 3. The minimum atomic E-state index is 0.271. The van der Waals surface area contributed by atoms with Gasteiger partial charge in [-0.05, 0) is 59.0 Å². The standard InChI is InChI=1S/C15H14INO3/c16-12-1-3-14(4-2-12)19-8-11-6-13(17)5-10-7-18-9-20-15(10)11/h1-6H,7-9,17H2. The van der Waals surface area contributed by atoms with Gasteiger partial charge in [-0.25, -0.2) is 0 Å². The Labute approximate surface area is 131 Å². The van der Waals surface area contributed by atoms with Crippen molar-refractivity contribution in [2.24, 2.45) is 0 Å². The molecule has 104 valence electrons. The Morgan fingerprint density at radius 3 is 2.80 bits per heavy atom. The van der Waals surface area contributed by atoms with Crippen LogP contribution in [0.3, 0.4) is 0 Å². The summed E-state index contributed by atoms with van der Waals surface area (Å²) in [5.74, 6) is 1.66. The van der Waals surface area contributed by atoms with Gasteiger partial charge >= 0.3 is 0 Å². The average molecular weight is 383 g/mol. The van der Waals surface area contributed by atoms with Gasteiger partial charge in [0.2, 0.25) is 0 Å². The molecule has 0 radical (unpaired) electrons. The Morgan fingerprint density at radius 1 is 1.20 bits per heavy atom. The molecular weight excluding hydrogens is 369 g/mol. The predicted molar refractivity (Wildman–Crippen MR) is 84.6 cm³/mol. The largest absolute Gasteiger partial charge is 0.489 e. The van der Waals surface area contributed by atoms with E-state index in [2.05, 4.69) is 22.6 Å². The Balaban J connectivity index is 1.80. The lowest BCUT2D eigenvalue weighted by atomic mass is 10.1. The molecule has 2 aromatic carbocycles. The van der Waals surface area contributed by atoms with Crippen LogP contribution in [-0.2, 0) is 18.0 Å². The molecule has 0 bridgehead atoms. The topological polar surface area (TPSA) is 53.7 Å². The van der Waals surface area contributed by atoms with Gasteiger partial charge < -0.3 is 19.9 Å². The summed E-state index contributed by atoms with van der Waals surface area (Å²) in [7, 11) is 0. The van der Waals surface area contributed by atoms with Crippen molar-refractivity contribution in [3.63, 3.8) is 0 Å². The molecular formula is C15H14INO3. The summed E-state index contributed by atoms with van der Waals surface area (Å²) in [6.45, 7) is 1.22. The van der Waals surface area contributed by atoms with E-state index in [9.17, 15) is 0 Å². The lowest BCUT2D eigenvalue weighted by Gasteiger charge is -2.21. The first-order valence-electron chi connectivity index (χ1n) is 6.22. The molecule has 3 rings (SSSR count). The van der Waals surface area contributed by atoms with Crippen molar-refractivity contribution >= 4 is 28.3 Å². The lowest BCUT2D eigenvalue weighted by molar-refractivity contribution is -0.0175. The molecule has 2 aromatic rings. The monoisotopic (exact) mass is 383 g/mol. The van der Waals surface area contributed by atoms with Crippen molar-refractivity contribution in [2.45, 2.75) is 13.2 Å². The highest BCUT2D eigenvalue weighted by Gasteiger charge is 2.16. The van der Waals surface area contributed by atoms with Gasteiger partial charge in [-0.1, -0.05) is 0 Å². The molecule has 5 heteroatoms. The summed E-state index contributed by atoms with van der Waals surface area (Å²) in [6.07, 6.45) is 0. The zero-order chi connectivity index (χ0) is 13.9. The molecule has 0 fully saturated rings. The van der Waals surface area contributed by atoms with Crippen molar-refractivity contribution in [3.05, 3.63) is 51.1 Å². The van der Waals surface area contributed by atoms with Gasteiger partial charge in [-0.2, -0.15) is 0 Å². The summed E-state index contributed by atoms with van der Waals surface area (Å²) in [4.78, 5) is 0. The first-order chi connectivity index (χ1) is 9.72. The molecule has 0 spiro atoms. The fraction of sp³-hybridized carbons (Fsp3) is 0.200. The van der Waals surface area contributed by atoms with Crippen LogP contribution in [0.5, 0.6) is 11.5 Å². The summed E-state index contributed by atoms with van der Waals surface area (Å²) in [6, 6.07) is 11.7. The molecule has 0 saturated heterocycles. The van der Waals surface area contributed by atoms with E-state index in [-0.39, 0.29) is 6.79 Å². The van der Waals surface area contributed by atoms with Crippen LogP contribution in [0.2, 0.25) is 0 Å². The molecule has 0 aromatic heterocycles. The van der Waals surface area contributed by atoms with Crippen molar-refractivity contribution in [1.82, 2.24) is 0 Å². The molecule has 2 N–H and O–H groups in total. The number of anilines is 1. The summed E-state index contributed by atoms with van der Waals surface area (Å²) >= 11 is 2.26. The quantitative estimate of drug-likeness (QED) is 0.653. The normalized spacial score (nSPS) is 13.4. The van der Waals surface area contributed by atoms with Gasteiger partial charge in [0.25, 0.3) is 0 Å². The van der Waals surface area contributed by atoms with Crippen LogP contribution in [-0.4, -0.2) is 6.79 Å². The number of hydrogen-bond acceptors (Lipinski definition) is 4. The third-order valence-corrected chi connectivity index (χ3v) is 3.74. The second-order valence-corrected chi connectivity index (χ2v) is 5.77. The number of nitrogens with two attached hydrogens (primary N) is 1. The maximum absolute atomic E-state index is 5.90. The van der Waals surface area contributed by atoms with Crippen molar-refractivity contribution in [3.8, 4) is 11.5 Å². The molecule has 4 nitrogen and oxygen atoms in total. The van der Waals surface area contributed by atoms with Crippen molar-refractivity contribution < 1.29 is 14.2 Å². The minimum absolute atomic E-state index is 0.271. The first kappa shape index (κ1) is 13.5. The SMILES string of the molecule is Nc1cc2c(c(COc3ccc(I)cc3)c1)OCOC2. The van der Waals surface area contributed by atoms with Crippen LogP contribution in [0, 0.1) is 3.57 Å². The van der Waals surface area contributed by atoms with E-state index in [1.165, 1.54) is 3.57 Å². The molecule has 0 aliphatic carbocycles. The second kappa shape index (κ2) is 5.88. The van der Waals surface area contributed by atoms with Crippen molar-refractivity contribution in [2.75, 3.05) is 12.5 Å². The minimum Gasteiger partial charge on any atom is -0.489 e. The van der Waals surface area contributed by atoms with Crippen LogP contribution in [0.4, 0.5) is 5.69 Å². The maximum Gasteiger partial charge on any atom is 0.189 e. The van der Waals surface area contributed by atoms with Gasteiger partial charge in [-0.3, -0.25) is 0 Å².